The molecule has 0 fully saturated rings. The van der Waals surface area contributed by atoms with Crippen molar-refractivity contribution in [2.75, 3.05) is 12.0 Å². The van der Waals surface area contributed by atoms with E-state index in [0.717, 1.165) is 16.4 Å². The van der Waals surface area contributed by atoms with Gasteiger partial charge in [0, 0.05) is 11.3 Å². The maximum atomic E-state index is 5.63. The lowest BCUT2D eigenvalue weighted by atomic mass is 10.2. The molecule has 0 amide bonds. The number of nitrogens with zero attached hydrogens (tertiary/aromatic N) is 2. The minimum Gasteiger partial charge on any atom is -0.383 e. The number of anilines is 1. The Kier molecular flexibility index (Phi) is 2.34. The normalized spacial score (nSPS) is 10.1. The van der Waals surface area contributed by atoms with Crippen LogP contribution in [0.15, 0.2) is 5.16 Å². The van der Waals surface area contributed by atoms with E-state index in [1.165, 1.54) is 11.8 Å². The molecule has 1 heterocycles. The minimum atomic E-state index is 0.585. The molecule has 0 atom stereocenters. The summed E-state index contributed by atoms with van der Waals surface area (Å²) in [5.41, 5.74) is 7.57. The maximum Gasteiger partial charge on any atom is 0.189 e. The highest BCUT2D eigenvalue weighted by molar-refractivity contribution is 7.98. The Morgan fingerprint density at radius 3 is 2.36 bits per heavy atom. The van der Waals surface area contributed by atoms with Gasteiger partial charge in [-0.1, -0.05) is 11.8 Å². The third-order valence-corrected chi connectivity index (χ3v) is 2.14. The molecule has 60 valence electrons. The summed E-state index contributed by atoms with van der Waals surface area (Å²) in [6.45, 7) is 3.86. The van der Waals surface area contributed by atoms with Gasteiger partial charge in [-0.05, 0) is 20.1 Å². The molecule has 1 aromatic rings. The van der Waals surface area contributed by atoms with Gasteiger partial charge in [0.25, 0.3) is 0 Å². The van der Waals surface area contributed by atoms with Crippen LogP contribution in [-0.4, -0.2) is 16.2 Å². The van der Waals surface area contributed by atoms with Crippen molar-refractivity contribution >= 4 is 17.6 Å². The first-order valence-electron chi connectivity index (χ1n) is 3.30. The van der Waals surface area contributed by atoms with Gasteiger partial charge in [0.15, 0.2) is 5.16 Å². The average molecular weight is 169 g/mol. The van der Waals surface area contributed by atoms with E-state index in [9.17, 15) is 0 Å². The van der Waals surface area contributed by atoms with Crippen LogP contribution in [0, 0.1) is 13.8 Å². The highest BCUT2D eigenvalue weighted by Gasteiger charge is 2.02. The monoisotopic (exact) mass is 169 g/mol. The van der Waals surface area contributed by atoms with Gasteiger partial charge in [-0.3, -0.25) is 0 Å². The molecule has 0 saturated heterocycles. The van der Waals surface area contributed by atoms with Gasteiger partial charge in [-0.25, -0.2) is 9.97 Å². The first kappa shape index (κ1) is 8.33. The van der Waals surface area contributed by atoms with Crippen LogP contribution >= 0.6 is 11.8 Å². The molecule has 1 aromatic heterocycles. The van der Waals surface area contributed by atoms with E-state index in [1.54, 1.807) is 0 Å². The van der Waals surface area contributed by atoms with Crippen molar-refractivity contribution in [2.45, 2.75) is 19.0 Å². The Bertz CT molecular complexity index is 249. The Labute approximate surface area is 70.4 Å². The highest BCUT2D eigenvalue weighted by Crippen LogP contribution is 2.15. The summed E-state index contributed by atoms with van der Waals surface area (Å²) in [5, 5.41) is 0.741. The zero-order chi connectivity index (χ0) is 8.43. The molecule has 0 spiro atoms. The number of nitrogens with two attached hydrogens (primary N) is 1. The number of aryl methyl sites for hydroxylation is 1. The topological polar surface area (TPSA) is 51.8 Å². The SMILES string of the molecule is CSc1nc(C)c(C)c(N)n1. The van der Waals surface area contributed by atoms with Crippen LogP contribution in [-0.2, 0) is 0 Å². The molecular formula is C7H11N3S. The number of nitrogen functional groups attached to an aromatic ring is 1. The van der Waals surface area contributed by atoms with Gasteiger partial charge in [-0.15, -0.1) is 0 Å². The molecule has 0 aliphatic heterocycles. The Hall–Kier alpha value is -0.770. The second kappa shape index (κ2) is 3.09. The van der Waals surface area contributed by atoms with Crippen LogP contribution in [0.4, 0.5) is 5.82 Å². The second-order valence-corrected chi connectivity index (χ2v) is 3.08. The van der Waals surface area contributed by atoms with Crippen LogP contribution in [0.2, 0.25) is 0 Å². The fraction of sp³-hybridized carbons (Fsp3) is 0.429. The van der Waals surface area contributed by atoms with E-state index in [1.807, 2.05) is 20.1 Å². The molecule has 2 N–H and O–H groups in total. The van der Waals surface area contributed by atoms with E-state index in [2.05, 4.69) is 9.97 Å². The third kappa shape index (κ3) is 1.63. The maximum absolute atomic E-state index is 5.63. The standard InChI is InChI=1S/C7H11N3S/c1-4-5(2)9-7(11-3)10-6(4)8/h1-3H3,(H2,8,9,10). The first-order chi connectivity index (χ1) is 5.15. The molecule has 11 heavy (non-hydrogen) atoms. The van der Waals surface area contributed by atoms with Gasteiger partial charge in [0.2, 0.25) is 0 Å². The first-order valence-corrected chi connectivity index (χ1v) is 4.52. The number of rotatable bonds is 1. The summed E-state index contributed by atoms with van der Waals surface area (Å²) in [5.74, 6) is 0.585. The zero-order valence-electron chi connectivity index (χ0n) is 6.88. The van der Waals surface area contributed by atoms with Crippen molar-refractivity contribution in [3.05, 3.63) is 11.3 Å². The van der Waals surface area contributed by atoms with Crippen LogP contribution in [0.1, 0.15) is 11.3 Å². The summed E-state index contributed by atoms with van der Waals surface area (Å²) in [7, 11) is 0. The van der Waals surface area contributed by atoms with Crippen LogP contribution < -0.4 is 5.73 Å². The van der Waals surface area contributed by atoms with Crippen molar-refractivity contribution in [3.63, 3.8) is 0 Å². The molecule has 0 bridgehead atoms. The van der Waals surface area contributed by atoms with Crippen molar-refractivity contribution in [1.29, 1.82) is 0 Å². The summed E-state index contributed by atoms with van der Waals surface area (Å²) in [4.78, 5) is 8.31. The van der Waals surface area contributed by atoms with Crippen LogP contribution in [0.25, 0.3) is 0 Å². The number of hydrogen-bond donors (Lipinski definition) is 1. The zero-order valence-corrected chi connectivity index (χ0v) is 7.70. The molecule has 4 heteroatoms. The average Bonchev–Trinajstić information content (AvgIpc) is 1.99. The molecule has 3 nitrogen and oxygen atoms in total. The summed E-state index contributed by atoms with van der Waals surface area (Å²) < 4.78 is 0. The Balaban J connectivity index is 3.21. The van der Waals surface area contributed by atoms with Gasteiger partial charge >= 0.3 is 0 Å². The van der Waals surface area contributed by atoms with Crippen molar-refractivity contribution in [1.82, 2.24) is 9.97 Å². The van der Waals surface area contributed by atoms with Gasteiger partial charge in [-0.2, -0.15) is 0 Å². The van der Waals surface area contributed by atoms with Gasteiger partial charge in [0.1, 0.15) is 5.82 Å². The lowest BCUT2D eigenvalue weighted by Gasteiger charge is -2.03. The fourth-order valence-electron chi connectivity index (χ4n) is 0.716. The summed E-state index contributed by atoms with van der Waals surface area (Å²) in [6, 6.07) is 0. The quantitative estimate of drug-likeness (QED) is 0.510. The molecule has 0 unspecified atom stereocenters. The van der Waals surface area contributed by atoms with Gasteiger partial charge < -0.3 is 5.73 Å². The third-order valence-electron chi connectivity index (χ3n) is 1.59. The molecule has 0 radical (unpaired) electrons. The second-order valence-electron chi connectivity index (χ2n) is 2.31. The molecule has 0 aliphatic carbocycles. The van der Waals surface area contributed by atoms with Crippen LogP contribution in [0.3, 0.4) is 0 Å². The van der Waals surface area contributed by atoms with Crippen LogP contribution in [0.5, 0.6) is 0 Å². The lowest BCUT2D eigenvalue weighted by molar-refractivity contribution is 0.925. The highest BCUT2D eigenvalue weighted by atomic mass is 32.2. The lowest BCUT2D eigenvalue weighted by Crippen LogP contribution is -2.00. The summed E-state index contributed by atoms with van der Waals surface area (Å²) >= 11 is 1.50. The predicted molar refractivity (Wildman–Crippen MR) is 47.7 cm³/mol. The van der Waals surface area contributed by atoms with Crippen molar-refractivity contribution in [2.24, 2.45) is 0 Å². The van der Waals surface area contributed by atoms with E-state index >= 15 is 0 Å². The summed E-state index contributed by atoms with van der Waals surface area (Å²) in [6.07, 6.45) is 1.93. The number of hydrogen-bond acceptors (Lipinski definition) is 4. The number of thioether (sulfide) groups is 1. The molecule has 0 aromatic carbocycles. The van der Waals surface area contributed by atoms with E-state index in [4.69, 9.17) is 5.73 Å². The molecule has 0 aliphatic rings. The van der Waals surface area contributed by atoms with Crippen molar-refractivity contribution < 1.29 is 0 Å². The minimum absolute atomic E-state index is 0.585. The van der Waals surface area contributed by atoms with Crippen molar-refractivity contribution in [3.8, 4) is 0 Å². The van der Waals surface area contributed by atoms with E-state index in [-0.39, 0.29) is 0 Å². The van der Waals surface area contributed by atoms with E-state index in [0.29, 0.717) is 5.82 Å². The largest absolute Gasteiger partial charge is 0.383 e. The van der Waals surface area contributed by atoms with E-state index < -0.39 is 0 Å². The molecular weight excluding hydrogens is 158 g/mol. The fourth-order valence-corrected chi connectivity index (χ4v) is 1.13. The Morgan fingerprint density at radius 2 is 1.91 bits per heavy atom. The molecule has 0 saturated carbocycles. The smallest absolute Gasteiger partial charge is 0.189 e. The number of aromatic nitrogens is 2. The molecule has 1 rings (SSSR count). The van der Waals surface area contributed by atoms with Gasteiger partial charge in [0.05, 0.1) is 0 Å². The Morgan fingerprint density at radius 1 is 1.27 bits per heavy atom. The predicted octanol–water partition coefficient (Wildman–Crippen LogP) is 1.40.